The van der Waals surface area contributed by atoms with Crippen molar-refractivity contribution in [3.8, 4) is 5.75 Å². The summed E-state index contributed by atoms with van der Waals surface area (Å²) in [6.07, 6.45) is 3.68. The quantitative estimate of drug-likeness (QED) is 0.365. The average Bonchev–Trinajstić information content (AvgIpc) is 3.55. The number of piperidine rings is 1. The van der Waals surface area contributed by atoms with E-state index in [0.717, 1.165) is 24.0 Å². The number of methoxy groups -OCH3 is 1. The Labute approximate surface area is 272 Å². The number of nitrogens with zero attached hydrogens (tertiary/aromatic N) is 4. The standard InChI is InChI=1S/C35H40FN5O6/c1-35(2)13-21(8-9-46-35)32-37-14-22-10-20(11-27(36)31(22)39-32)15-40-16-24(19-45-3)29(18-40)47-25-4-5-26-23(12-25)17-41(34(26)44)28-6-7-30(42)38-33(28)43/h4-5,10-12,14,21,24,28-29H,6-9,13,15-19H2,1-3H3,(H,38,42,43)/t21?,24-,28-,29+/m0/s1. The number of hydrogen-bond acceptors (Lipinski definition) is 9. The Morgan fingerprint density at radius 1 is 1.13 bits per heavy atom. The van der Waals surface area contributed by atoms with Crippen LogP contribution in [-0.2, 0) is 32.2 Å². The normalized spacial score (nSPS) is 26.1. The summed E-state index contributed by atoms with van der Waals surface area (Å²) in [4.78, 5) is 50.2. The molecular formula is C35H40FN5O6. The van der Waals surface area contributed by atoms with Gasteiger partial charge < -0.3 is 19.1 Å². The van der Waals surface area contributed by atoms with Gasteiger partial charge in [-0.05, 0) is 74.6 Å². The first-order valence-corrected chi connectivity index (χ1v) is 16.3. The summed E-state index contributed by atoms with van der Waals surface area (Å²) >= 11 is 0. The van der Waals surface area contributed by atoms with E-state index < -0.39 is 11.9 Å². The number of hydrogen-bond donors (Lipinski definition) is 1. The van der Waals surface area contributed by atoms with Gasteiger partial charge in [0.1, 0.15) is 35.1 Å². The minimum atomic E-state index is -0.667. The molecule has 12 heteroatoms. The van der Waals surface area contributed by atoms with Crippen LogP contribution in [0.15, 0.2) is 36.5 Å². The van der Waals surface area contributed by atoms with Crippen molar-refractivity contribution in [1.29, 1.82) is 0 Å². The number of ether oxygens (including phenoxy) is 3. The minimum absolute atomic E-state index is 0.0785. The van der Waals surface area contributed by atoms with Crippen LogP contribution in [0.25, 0.3) is 10.9 Å². The van der Waals surface area contributed by atoms with Crippen molar-refractivity contribution in [1.82, 2.24) is 25.1 Å². The number of nitrogens with one attached hydrogen (secondary N) is 1. The number of aromatic nitrogens is 2. The van der Waals surface area contributed by atoms with Crippen molar-refractivity contribution in [2.24, 2.45) is 5.92 Å². The van der Waals surface area contributed by atoms with Crippen LogP contribution < -0.4 is 10.1 Å². The zero-order chi connectivity index (χ0) is 32.9. The SMILES string of the molecule is COC[C@@H]1CN(Cc2cc(F)c3nc(C4CCOC(C)(C)C4)ncc3c2)C[C@H]1Oc1ccc2c(c1)CN([C@H]1CCC(=O)NC1=O)C2=O. The number of carbonyl (C=O) groups is 3. The van der Waals surface area contributed by atoms with Gasteiger partial charge in [0.05, 0.1) is 12.2 Å². The molecule has 4 atom stereocenters. The second-order valence-corrected chi connectivity index (χ2v) is 13.8. The fraction of sp³-hybridized carbons (Fsp3) is 0.514. The minimum Gasteiger partial charge on any atom is -0.489 e. The summed E-state index contributed by atoms with van der Waals surface area (Å²) in [7, 11) is 1.67. The number of carbonyl (C=O) groups excluding carboxylic acids is 3. The lowest BCUT2D eigenvalue weighted by atomic mass is 9.88. The lowest BCUT2D eigenvalue weighted by Gasteiger charge is -2.34. The highest BCUT2D eigenvalue weighted by Gasteiger charge is 2.40. The molecular weight excluding hydrogens is 605 g/mol. The predicted octanol–water partition coefficient (Wildman–Crippen LogP) is 3.73. The van der Waals surface area contributed by atoms with Gasteiger partial charge in [-0.1, -0.05) is 0 Å². The van der Waals surface area contributed by atoms with E-state index in [0.29, 0.717) is 67.3 Å². The average molecular weight is 646 g/mol. The van der Waals surface area contributed by atoms with Crippen molar-refractivity contribution >= 4 is 28.6 Å². The van der Waals surface area contributed by atoms with Crippen LogP contribution in [0.4, 0.5) is 4.39 Å². The van der Waals surface area contributed by atoms with Crippen molar-refractivity contribution in [3.63, 3.8) is 0 Å². The molecule has 2 aromatic carbocycles. The topological polar surface area (TPSA) is 123 Å². The van der Waals surface area contributed by atoms with Gasteiger partial charge in [0, 0.05) is 75.3 Å². The summed E-state index contributed by atoms with van der Waals surface area (Å²) in [6, 6.07) is 8.25. The third-order valence-corrected chi connectivity index (χ3v) is 9.80. The lowest BCUT2D eigenvalue weighted by Crippen LogP contribution is -2.52. The number of benzene rings is 2. The number of imide groups is 1. The van der Waals surface area contributed by atoms with Crippen LogP contribution in [-0.4, -0.2) is 88.6 Å². The van der Waals surface area contributed by atoms with Crippen LogP contribution in [0.1, 0.15) is 72.8 Å². The Bertz CT molecular complexity index is 1730. The third kappa shape index (κ3) is 6.46. The van der Waals surface area contributed by atoms with Crippen molar-refractivity contribution in [2.75, 3.05) is 33.4 Å². The molecule has 1 aromatic heterocycles. The van der Waals surface area contributed by atoms with Crippen LogP contribution >= 0.6 is 0 Å². The molecule has 7 rings (SSSR count). The molecule has 5 heterocycles. The van der Waals surface area contributed by atoms with E-state index in [4.69, 9.17) is 14.2 Å². The zero-order valence-corrected chi connectivity index (χ0v) is 27.0. The molecule has 3 fully saturated rings. The van der Waals surface area contributed by atoms with E-state index in [1.165, 1.54) is 4.90 Å². The van der Waals surface area contributed by atoms with E-state index in [1.807, 2.05) is 12.1 Å². The molecule has 0 spiro atoms. The van der Waals surface area contributed by atoms with Gasteiger partial charge in [0.2, 0.25) is 11.8 Å². The molecule has 11 nitrogen and oxygen atoms in total. The molecule has 1 unspecified atom stereocenters. The highest BCUT2D eigenvalue weighted by atomic mass is 19.1. The molecule has 4 aliphatic rings. The van der Waals surface area contributed by atoms with Crippen molar-refractivity contribution < 1.29 is 33.0 Å². The van der Waals surface area contributed by atoms with Gasteiger partial charge in [0.25, 0.3) is 5.91 Å². The highest BCUT2D eigenvalue weighted by Crippen LogP contribution is 2.35. The van der Waals surface area contributed by atoms with Gasteiger partial charge in [-0.15, -0.1) is 0 Å². The Morgan fingerprint density at radius 2 is 1.98 bits per heavy atom. The molecule has 4 aliphatic heterocycles. The largest absolute Gasteiger partial charge is 0.489 e. The van der Waals surface area contributed by atoms with Gasteiger partial charge in [0.15, 0.2) is 0 Å². The maximum Gasteiger partial charge on any atom is 0.255 e. The third-order valence-electron chi connectivity index (χ3n) is 9.80. The Morgan fingerprint density at radius 3 is 2.77 bits per heavy atom. The summed E-state index contributed by atoms with van der Waals surface area (Å²) in [5, 5.41) is 3.01. The maximum absolute atomic E-state index is 15.5. The lowest BCUT2D eigenvalue weighted by molar-refractivity contribution is -0.136. The zero-order valence-electron chi connectivity index (χ0n) is 27.0. The molecule has 0 bridgehead atoms. The van der Waals surface area contributed by atoms with Crippen LogP contribution in [0.5, 0.6) is 5.75 Å². The van der Waals surface area contributed by atoms with E-state index >= 15 is 4.39 Å². The Hall–Kier alpha value is -4.00. The van der Waals surface area contributed by atoms with Crippen molar-refractivity contribution in [2.45, 2.75) is 76.3 Å². The molecule has 3 amide bonds. The molecule has 0 radical (unpaired) electrons. The fourth-order valence-corrected chi connectivity index (χ4v) is 7.54. The summed E-state index contributed by atoms with van der Waals surface area (Å²) in [5.74, 6) is 0.191. The van der Waals surface area contributed by atoms with Gasteiger partial charge in [-0.25, -0.2) is 14.4 Å². The van der Waals surface area contributed by atoms with Crippen molar-refractivity contribution in [3.05, 3.63) is 64.9 Å². The van der Waals surface area contributed by atoms with E-state index in [2.05, 4.69) is 34.0 Å². The summed E-state index contributed by atoms with van der Waals surface area (Å²) < 4.78 is 33.3. The molecule has 0 aliphatic carbocycles. The predicted molar refractivity (Wildman–Crippen MR) is 169 cm³/mol. The molecule has 3 saturated heterocycles. The first kappa shape index (κ1) is 31.6. The fourth-order valence-electron chi connectivity index (χ4n) is 7.54. The first-order valence-electron chi connectivity index (χ1n) is 16.3. The Balaban J connectivity index is 1.03. The summed E-state index contributed by atoms with van der Waals surface area (Å²) in [5.41, 5.74) is 2.25. The highest BCUT2D eigenvalue weighted by molar-refractivity contribution is 6.05. The second kappa shape index (κ2) is 12.6. The van der Waals surface area contributed by atoms with Crippen LogP contribution in [0.3, 0.4) is 0 Å². The van der Waals surface area contributed by atoms with Gasteiger partial charge >= 0.3 is 0 Å². The van der Waals surface area contributed by atoms with E-state index in [1.54, 1.807) is 31.5 Å². The number of amides is 3. The maximum atomic E-state index is 15.5. The van der Waals surface area contributed by atoms with E-state index in [-0.39, 0.29) is 54.1 Å². The Kier molecular flexibility index (Phi) is 8.44. The smallest absolute Gasteiger partial charge is 0.255 e. The summed E-state index contributed by atoms with van der Waals surface area (Å²) in [6.45, 7) is 7.39. The number of rotatable bonds is 8. The molecule has 47 heavy (non-hydrogen) atoms. The van der Waals surface area contributed by atoms with Crippen LogP contribution in [0.2, 0.25) is 0 Å². The van der Waals surface area contributed by atoms with Gasteiger partial charge in [-0.3, -0.25) is 24.6 Å². The monoisotopic (exact) mass is 645 g/mol. The molecule has 0 saturated carbocycles. The first-order chi connectivity index (χ1) is 22.6. The molecule has 248 valence electrons. The number of likely N-dealkylation sites (tertiary alicyclic amines) is 1. The van der Waals surface area contributed by atoms with Gasteiger partial charge in [-0.2, -0.15) is 0 Å². The number of halogens is 1. The number of fused-ring (bicyclic) bond motifs is 2. The van der Waals surface area contributed by atoms with Crippen LogP contribution in [0, 0.1) is 11.7 Å². The van der Waals surface area contributed by atoms with E-state index in [9.17, 15) is 14.4 Å². The molecule has 1 N–H and O–H groups in total. The molecule has 3 aromatic rings. The second-order valence-electron chi connectivity index (χ2n) is 13.8.